The second-order valence-corrected chi connectivity index (χ2v) is 6.74. The van der Waals surface area contributed by atoms with Crippen LogP contribution in [0.4, 0.5) is 0 Å². The zero-order valence-corrected chi connectivity index (χ0v) is 13.4. The molecule has 3 nitrogen and oxygen atoms in total. The van der Waals surface area contributed by atoms with Crippen LogP contribution in [0.3, 0.4) is 0 Å². The van der Waals surface area contributed by atoms with Crippen molar-refractivity contribution in [3.05, 3.63) is 44.6 Å². The maximum Gasteiger partial charge on any atom is 0.124 e. The van der Waals surface area contributed by atoms with E-state index in [0.29, 0.717) is 23.1 Å². The molecule has 0 radical (unpaired) electrons. The van der Waals surface area contributed by atoms with Gasteiger partial charge in [0.2, 0.25) is 0 Å². The minimum atomic E-state index is 0.322. The third-order valence-corrected chi connectivity index (χ3v) is 4.24. The normalized spacial score (nSPS) is 10.2. The van der Waals surface area contributed by atoms with Crippen molar-refractivity contribution < 1.29 is 9.47 Å². The Labute approximate surface area is 129 Å². The molecule has 0 bridgehead atoms. The first kappa shape index (κ1) is 14.3. The lowest BCUT2D eigenvalue weighted by Crippen LogP contribution is -2.09. The molecular formula is C13H12BrNO2S2. The molecule has 0 aliphatic carbocycles. The van der Waals surface area contributed by atoms with Crippen LogP contribution in [0.25, 0.3) is 0 Å². The highest BCUT2D eigenvalue weighted by Gasteiger charge is 2.06. The molecule has 100 valence electrons. The molecule has 0 spiro atoms. The Morgan fingerprint density at radius 2 is 2.05 bits per heavy atom. The monoisotopic (exact) mass is 357 g/mol. The Morgan fingerprint density at radius 3 is 2.63 bits per heavy atom. The van der Waals surface area contributed by atoms with Crippen LogP contribution in [0.2, 0.25) is 0 Å². The van der Waals surface area contributed by atoms with Gasteiger partial charge in [0.05, 0.1) is 10.9 Å². The lowest BCUT2D eigenvalue weighted by molar-refractivity contribution is 0.307. The first-order valence-electron chi connectivity index (χ1n) is 5.44. The van der Waals surface area contributed by atoms with Crippen LogP contribution < -0.4 is 15.2 Å². The minimum Gasteiger partial charge on any atom is -0.497 e. The number of hydrogen-bond donors (Lipinski definition) is 1. The van der Waals surface area contributed by atoms with Crippen LogP contribution >= 0.6 is 39.5 Å². The summed E-state index contributed by atoms with van der Waals surface area (Å²) in [7, 11) is 1.60. The van der Waals surface area contributed by atoms with Gasteiger partial charge >= 0.3 is 0 Å². The molecule has 0 saturated carbocycles. The lowest BCUT2D eigenvalue weighted by atomic mass is 10.2. The first-order valence-corrected chi connectivity index (χ1v) is 7.46. The number of ether oxygens (including phenoxy) is 2. The van der Waals surface area contributed by atoms with Crippen LogP contribution in [0.1, 0.15) is 10.4 Å². The van der Waals surface area contributed by atoms with Crippen molar-refractivity contribution in [3.8, 4) is 11.5 Å². The van der Waals surface area contributed by atoms with Crippen molar-refractivity contribution in [1.29, 1.82) is 0 Å². The van der Waals surface area contributed by atoms with E-state index in [9.17, 15) is 0 Å². The molecule has 6 heteroatoms. The Kier molecular flexibility index (Phi) is 4.79. The molecule has 0 unspecified atom stereocenters. The van der Waals surface area contributed by atoms with Gasteiger partial charge in [0.1, 0.15) is 23.1 Å². The molecule has 1 heterocycles. The smallest absolute Gasteiger partial charge is 0.124 e. The Morgan fingerprint density at radius 1 is 1.32 bits per heavy atom. The summed E-state index contributed by atoms with van der Waals surface area (Å²) >= 11 is 10.0. The standard InChI is InChI=1S/C13H12BrNO2S2/c1-16-9-4-8(13(15)18)5-10(6-9)17-7-11-2-3-12(14)19-11/h2-6H,7H2,1H3,(H2,15,18). The number of halogens is 1. The fourth-order valence-electron chi connectivity index (χ4n) is 1.50. The summed E-state index contributed by atoms with van der Waals surface area (Å²) in [5, 5.41) is 0. The van der Waals surface area contributed by atoms with Gasteiger partial charge in [-0.1, -0.05) is 12.2 Å². The minimum absolute atomic E-state index is 0.322. The molecule has 0 aliphatic heterocycles. The topological polar surface area (TPSA) is 44.5 Å². The van der Waals surface area contributed by atoms with Crippen molar-refractivity contribution in [2.24, 2.45) is 5.73 Å². The van der Waals surface area contributed by atoms with E-state index in [4.69, 9.17) is 27.4 Å². The third kappa shape index (κ3) is 3.92. The molecule has 0 atom stereocenters. The van der Waals surface area contributed by atoms with Gasteiger partial charge in [0.25, 0.3) is 0 Å². The summed E-state index contributed by atoms with van der Waals surface area (Å²) in [5.41, 5.74) is 6.37. The highest BCUT2D eigenvalue weighted by Crippen LogP contribution is 2.26. The summed E-state index contributed by atoms with van der Waals surface area (Å²) < 4.78 is 12.0. The van der Waals surface area contributed by atoms with Crippen LogP contribution in [0.5, 0.6) is 11.5 Å². The molecular weight excluding hydrogens is 346 g/mol. The second-order valence-electron chi connectivity index (χ2n) is 3.76. The average molecular weight is 358 g/mol. The second kappa shape index (κ2) is 6.36. The van der Waals surface area contributed by atoms with Crippen LogP contribution in [0.15, 0.2) is 34.1 Å². The number of methoxy groups -OCH3 is 1. The Hall–Kier alpha value is -1.11. The van der Waals surface area contributed by atoms with Crippen molar-refractivity contribution in [3.63, 3.8) is 0 Å². The molecule has 2 aromatic rings. The summed E-state index contributed by atoms with van der Waals surface area (Å²) in [5.74, 6) is 1.36. The largest absolute Gasteiger partial charge is 0.497 e. The van der Waals surface area contributed by atoms with Crippen LogP contribution in [-0.4, -0.2) is 12.1 Å². The van der Waals surface area contributed by atoms with E-state index < -0.39 is 0 Å². The summed E-state index contributed by atoms with van der Waals surface area (Å²) in [6.07, 6.45) is 0. The van der Waals surface area contributed by atoms with Crippen molar-refractivity contribution >= 4 is 44.5 Å². The van der Waals surface area contributed by atoms with Gasteiger partial charge in [-0.2, -0.15) is 0 Å². The van der Waals surface area contributed by atoms with E-state index in [2.05, 4.69) is 15.9 Å². The molecule has 0 aliphatic rings. The quantitative estimate of drug-likeness (QED) is 0.828. The van der Waals surface area contributed by atoms with E-state index in [-0.39, 0.29) is 0 Å². The predicted octanol–water partition coefficient (Wildman–Crippen LogP) is 3.73. The van der Waals surface area contributed by atoms with E-state index in [0.717, 1.165) is 14.2 Å². The van der Waals surface area contributed by atoms with Crippen LogP contribution in [0, 0.1) is 0 Å². The molecule has 2 rings (SSSR count). The van der Waals surface area contributed by atoms with Crippen molar-refractivity contribution in [2.75, 3.05) is 7.11 Å². The SMILES string of the molecule is COc1cc(OCc2ccc(Br)s2)cc(C(N)=S)c1. The Balaban J connectivity index is 2.15. The third-order valence-electron chi connectivity index (χ3n) is 2.41. The molecule has 2 N–H and O–H groups in total. The fraction of sp³-hybridized carbons (Fsp3) is 0.154. The molecule has 1 aromatic carbocycles. The van der Waals surface area contributed by atoms with Gasteiger partial charge in [-0.3, -0.25) is 0 Å². The number of nitrogens with two attached hydrogens (primary N) is 1. The maximum absolute atomic E-state index is 5.73. The first-order chi connectivity index (χ1) is 9.08. The number of thiophene rings is 1. The van der Waals surface area contributed by atoms with E-state index in [1.165, 1.54) is 0 Å². The summed E-state index contributed by atoms with van der Waals surface area (Å²) in [6, 6.07) is 9.42. The average Bonchev–Trinajstić information content (AvgIpc) is 2.81. The van der Waals surface area contributed by atoms with Gasteiger partial charge < -0.3 is 15.2 Å². The molecule has 19 heavy (non-hydrogen) atoms. The molecule has 1 aromatic heterocycles. The van der Waals surface area contributed by atoms with E-state index in [1.54, 1.807) is 24.5 Å². The zero-order valence-electron chi connectivity index (χ0n) is 10.2. The maximum atomic E-state index is 5.73. The highest BCUT2D eigenvalue weighted by atomic mass is 79.9. The highest BCUT2D eigenvalue weighted by molar-refractivity contribution is 9.11. The number of benzene rings is 1. The van der Waals surface area contributed by atoms with Crippen LogP contribution in [-0.2, 0) is 6.61 Å². The molecule has 0 fully saturated rings. The summed E-state index contributed by atoms with van der Waals surface area (Å²) in [4.78, 5) is 1.45. The predicted molar refractivity (Wildman–Crippen MR) is 85.2 cm³/mol. The van der Waals surface area contributed by atoms with Gasteiger partial charge in [-0.25, -0.2) is 0 Å². The van der Waals surface area contributed by atoms with Gasteiger partial charge in [0, 0.05) is 16.5 Å². The van der Waals surface area contributed by atoms with Gasteiger partial charge in [-0.05, 0) is 40.2 Å². The number of rotatable bonds is 5. The number of hydrogen-bond acceptors (Lipinski definition) is 4. The number of thiocarbonyl (C=S) groups is 1. The van der Waals surface area contributed by atoms with Gasteiger partial charge in [-0.15, -0.1) is 11.3 Å². The summed E-state index contributed by atoms with van der Waals surface area (Å²) in [6.45, 7) is 0.500. The lowest BCUT2D eigenvalue weighted by Gasteiger charge is -2.09. The molecule has 0 amide bonds. The Bertz CT molecular complexity index is 598. The van der Waals surface area contributed by atoms with Crippen molar-refractivity contribution in [2.45, 2.75) is 6.61 Å². The van der Waals surface area contributed by atoms with E-state index >= 15 is 0 Å². The van der Waals surface area contributed by atoms with E-state index in [1.807, 2.05) is 24.3 Å². The zero-order chi connectivity index (χ0) is 13.8. The van der Waals surface area contributed by atoms with Gasteiger partial charge in [0.15, 0.2) is 0 Å². The van der Waals surface area contributed by atoms with Crippen molar-refractivity contribution in [1.82, 2.24) is 0 Å². The fourth-order valence-corrected chi connectivity index (χ4v) is 3.01. The molecule has 0 saturated heterocycles.